The van der Waals surface area contributed by atoms with Gasteiger partial charge in [0.25, 0.3) is 0 Å². The molecule has 0 radical (unpaired) electrons. The van der Waals surface area contributed by atoms with Crippen molar-refractivity contribution in [3.05, 3.63) is 71.0 Å². The zero-order valence-corrected chi connectivity index (χ0v) is 16.2. The number of carbonyl (C=O) groups is 1. The molecule has 0 spiro atoms. The lowest BCUT2D eigenvalue weighted by Gasteiger charge is -2.26. The van der Waals surface area contributed by atoms with E-state index in [2.05, 4.69) is 10.5 Å². The molecule has 0 unspecified atom stereocenters. The molecule has 1 atom stereocenters. The molecular weight excluding hydrogens is 383 g/mol. The van der Waals surface area contributed by atoms with Crippen LogP contribution in [0, 0.1) is 17.5 Å². The summed E-state index contributed by atoms with van der Waals surface area (Å²) in [4.78, 5) is 19.5. The summed E-state index contributed by atoms with van der Waals surface area (Å²) in [6.45, 7) is 4.14. The lowest BCUT2D eigenvalue weighted by molar-refractivity contribution is 0.0586. The summed E-state index contributed by atoms with van der Waals surface area (Å²) < 4.78 is 40.3. The van der Waals surface area contributed by atoms with Gasteiger partial charge in [0.15, 0.2) is 6.10 Å². The molecular formula is C21H22F3N3O2. The van der Waals surface area contributed by atoms with Gasteiger partial charge >= 0.3 is 6.03 Å². The molecule has 5 nitrogen and oxygen atoms in total. The second kappa shape index (κ2) is 8.98. The molecule has 0 bridgehead atoms. The standard InChI is InChI=1S/C21H22F3N3O2/c1-13(2)25-21(28)27(11-14-3-5-15(22)6-4-14)12-17-10-20(26-29-17)18-8-7-16(23)9-19(18)24/h3-9,13,17H,10-12H2,1-2H3,(H,25,28)/t17-/m0/s1. The Morgan fingerprint density at radius 3 is 2.52 bits per heavy atom. The Balaban J connectivity index is 1.69. The Morgan fingerprint density at radius 1 is 1.17 bits per heavy atom. The predicted octanol–water partition coefficient (Wildman–Crippen LogP) is 4.22. The fourth-order valence-electron chi connectivity index (χ4n) is 3.02. The number of carbonyl (C=O) groups excluding carboxylic acids is 1. The van der Waals surface area contributed by atoms with Gasteiger partial charge in [-0.25, -0.2) is 18.0 Å². The van der Waals surface area contributed by atoms with E-state index in [9.17, 15) is 18.0 Å². The van der Waals surface area contributed by atoms with Gasteiger partial charge in [0.1, 0.15) is 17.5 Å². The topological polar surface area (TPSA) is 53.9 Å². The number of nitrogens with one attached hydrogen (secondary N) is 1. The number of rotatable bonds is 6. The molecule has 1 aliphatic heterocycles. The lowest BCUT2D eigenvalue weighted by atomic mass is 10.0. The highest BCUT2D eigenvalue weighted by Gasteiger charge is 2.28. The van der Waals surface area contributed by atoms with Gasteiger partial charge in [-0.05, 0) is 43.7 Å². The number of halogens is 3. The summed E-state index contributed by atoms with van der Waals surface area (Å²) in [6, 6.07) is 8.78. The number of benzene rings is 2. The van der Waals surface area contributed by atoms with E-state index in [1.165, 1.54) is 23.1 Å². The fourth-order valence-corrected chi connectivity index (χ4v) is 3.02. The van der Waals surface area contributed by atoms with Crippen LogP contribution in [0.3, 0.4) is 0 Å². The van der Waals surface area contributed by atoms with Crippen molar-refractivity contribution in [2.45, 2.75) is 39.0 Å². The second-order valence-corrected chi connectivity index (χ2v) is 7.20. The molecule has 0 aromatic heterocycles. The summed E-state index contributed by atoms with van der Waals surface area (Å²) >= 11 is 0. The summed E-state index contributed by atoms with van der Waals surface area (Å²) in [5.41, 5.74) is 1.29. The van der Waals surface area contributed by atoms with Crippen molar-refractivity contribution in [2.24, 2.45) is 5.16 Å². The molecule has 3 rings (SSSR count). The van der Waals surface area contributed by atoms with Crippen molar-refractivity contribution in [3.63, 3.8) is 0 Å². The van der Waals surface area contributed by atoms with Crippen molar-refractivity contribution in [1.82, 2.24) is 10.2 Å². The van der Waals surface area contributed by atoms with Crippen LogP contribution < -0.4 is 5.32 Å². The number of urea groups is 1. The van der Waals surface area contributed by atoms with E-state index in [0.29, 0.717) is 5.71 Å². The molecule has 8 heteroatoms. The van der Waals surface area contributed by atoms with Gasteiger partial charge in [-0.3, -0.25) is 0 Å². The van der Waals surface area contributed by atoms with Crippen LogP contribution in [0.4, 0.5) is 18.0 Å². The van der Waals surface area contributed by atoms with Gasteiger partial charge in [0, 0.05) is 30.6 Å². The van der Waals surface area contributed by atoms with Gasteiger partial charge in [-0.15, -0.1) is 0 Å². The van der Waals surface area contributed by atoms with Crippen LogP contribution in [0.2, 0.25) is 0 Å². The van der Waals surface area contributed by atoms with E-state index in [4.69, 9.17) is 4.84 Å². The Kier molecular flexibility index (Phi) is 6.41. The molecule has 1 N–H and O–H groups in total. The van der Waals surface area contributed by atoms with Gasteiger partial charge in [0.05, 0.1) is 12.3 Å². The van der Waals surface area contributed by atoms with Crippen molar-refractivity contribution in [1.29, 1.82) is 0 Å². The first-order chi connectivity index (χ1) is 13.8. The zero-order chi connectivity index (χ0) is 21.0. The first kappa shape index (κ1) is 20.7. The maximum atomic E-state index is 14.0. The smallest absolute Gasteiger partial charge is 0.318 e. The van der Waals surface area contributed by atoms with Crippen LogP contribution in [-0.4, -0.2) is 35.3 Å². The molecule has 0 aliphatic carbocycles. The summed E-state index contributed by atoms with van der Waals surface area (Å²) in [5.74, 6) is -1.74. The Hall–Kier alpha value is -3.03. The maximum absolute atomic E-state index is 14.0. The van der Waals surface area contributed by atoms with Crippen molar-refractivity contribution >= 4 is 11.7 Å². The van der Waals surface area contributed by atoms with Crippen molar-refractivity contribution in [3.8, 4) is 0 Å². The first-order valence-corrected chi connectivity index (χ1v) is 9.30. The highest BCUT2D eigenvalue weighted by atomic mass is 19.1. The van der Waals surface area contributed by atoms with Gasteiger partial charge in [0.2, 0.25) is 0 Å². The highest BCUT2D eigenvalue weighted by Crippen LogP contribution is 2.21. The van der Waals surface area contributed by atoms with Crippen LogP contribution in [0.1, 0.15) is 31.4 Å². The van der Waals surface area contributed by atoms with Gasteiger partial charge < -0.3 is 15.1 Å². The first-order valence-electron chi connectivity index (χ1n) is 9.30. The number of hydrogen-bond acceptors (Lipinski definition) is 3. The number of oxime groups is 1. The molecule has 1 aliphatic rings. The minimum absolute atomic E-state index is 0.0668. The third-order valence-electron chi connectivity index (χ3n) is 4.39. The number of nitrogens with zero attached hydrogens (tertiary/aromatic N) is 2. The summed E-state index contributed by atoms with van der Waals surface area (Å²) in [7, 11) is 0. The third-order valence-corrected chi connectivity index (χ3v) is 4.39. The summed E-state index contributed by atoms with van der Waals surface area (Å²) in [5, 5.41) is 6.74. The molecule has 2 aromatic carbocycles. The predicted molar refractivity (Wildman–Crippen MR) is 103 cm³/mol. The maximum Gasteiger partial charge on any atom is 0.318 e. The second-order valence-electron chi connectivity index (χ2n) is 7.20. The van der Waals surface area contributed by atoms with Gasteiger partial charge in [-0.2, -0.15) is 0 Å². The van der Waals surface area contributed by atoms with Gasteiger partial charge in [-0.1, -0.05) is 17.3 Å². The van der Waals surface area contributed by atoms with Crippen molar-refractivity contribution < 1.29 is 22.8 Å². The minimum atomic E-state index is -0.714. The van der Waals surface area contributed by atoms with Crippen LogP contribution in [-0.2, 0) is 11.4 Å². The Morgan fingerprint density at radius 2 is 1.86 bits per heavy atom. The lowest BCUT2D eigenvalue weighted by Crippen LogP contribution is -2.45. The van der Waals surface area contributed by atoms with E-state index < -0.39 is 17.7 Å². The molecule has 0 fully saturated rings. The molecule has 29 heavy (non-hydrogen) atoms. The van der Waals surface area contributed by atoms with Crippen LogP contribution in [0.25, 0.3) is 0 Å². The largest absolute Gasteiger partial charge is 0.390 e. The van der Waals surface area contributed by atoms with E-state index in [0.717, 1.165) is 17.7 Å². The van der Waals surface area contributed by atoms with Crippen LogP contribution in [0.15, 0.2) is 47.6 Å². The molecule has 2 aromatic rings. The van der Waals surface area contributed by atoms with Crippen molar-refractivity contribution in [2.75, 3.05) is 6.54 Å². The average molecular weight is 405 g/mol. The fraction of sp³-hybridized carbons (Fsp3) is 0.333. The molecule has 2 amide bonds. The normalized spacial score (nSPS) is 15.8. The molecule has 1 heterocycles. The third kappa shape index (κ3) is 5.49. The average Bonchev–Trinajstić information content (AvgIpc) is 3.10. The van der Waals surface area contributed by atoms with E-state index >= 15 is 0 Å². The summed E-state index contributed by atoms with van der Waals surface area (Å²) in [6.07, 6.45) is -0.204. The van der Waals surface area contributed by atoms with Crippen LogP contribution >= 0.6 is 0 Å². The molecule has 154 valence electrons. The Bertz CT molecular complexity index is 901. The number of amides is 2. The zero-order valence-electron chi connectivity index (χ0n) is 16.2. The molecule has 0 saturated heterocycles. The minimum Gasteiger partial charge on any atom is -0.390 e. The van der Waals surface area contributed by atoms with E-state index in [1.54, 1.807) is 12.1 Å². The van der Waals surface area contributed by atoms with Crippen LogP contribution in [0.5, 0.6) is 0 Å². The van der Waals surface area contributed by atoms with E-state index in [-0.39, 0.29) is 43.0 Å². The number of hydrogen-bond donors (Lipinski definition) is 1. The van der Waals surface area contributed by atoms with E-state index in [1.807, 2.05) is 13.8 Å². The quantitative estimate of drug-likeness (QED) is 0.783. The SMILES string of the molecule is CC(C)NC(=O)N(Cc1ccc(F)cc1)C[C@@H]1CC(c2ccc(F)cc2F)=NO1. The Labute approximate surface area is 167 Å². The monoisotopic (exact) mass is 405 g/mol. The molecule has 0 saturated carbocycles. The highest BCUT2D eigenvalue weighted by molar-refractivity contribution is 6.01.